The Kier molecular flexibility index (Phi) is 4.16. The van der Waals surface area contributed by atoms with Crippen LogP contribution in [0.5, 0.6) is 5.75 Å². The largest absolute Gasteiger partial charge is 0.497 e. The van der Waals surface area contributed by atoms with Crippen molar-refractivity contribution in [3.05, 3.63) is 47.1 Å². The third-order valence-corrected chi connectivity index (χ3v) is 2.79. The number of aromatic nitrogens is 2. The normalized spacial score (nSPS) is 10.3. The summed E-state index contributed by atoms with van der Waals surface area (Å²) in [6.07, 6.45) is 1.06. The molecule has 2 rings (SSSR count). The van der Waals surface area contributed by atoms with Gasteiger partial charge < -0.3 is 9.64 Å². The molecule has 0 bridgehead atoms. The molecule has 100 valence electrons. The molecule has 2 aromatic rings. The van der Waals surface area contributed by atoms with E-state index in [0.717, 1.165) is 17.5 Å². The summed E-state index contributed by atoms with van der Waals surface area (Å²) < 4.78 is 18.8. The first-order valence-corrected chi connectivity index (χ1v) is 6.00. The van der Waals surface area contributed by atoms with Crippen molar-refractivity contribution < 1.29 is 9.13 Å². The van der Waals surface area contributed by atoms with Gasteiger partial charge in [-0.15, -0.1) is 0 Å². The molecule has 0 aliphatic rings. The van der Waals surface area contributed by atoms with Gasteiger partial charge in [-0.3, -0.25) is 0 Å². The Morgan fingerprint density at radius 3 is 2.95 bits per heavy atom. The van der Waals surface area contributed by atoms with Crippen LogP contribution in [0.1, 0.15) is 5.56 Å². The molecule has 0 amide bonds. The highest BCUT2D eigenvalue weighted by Gasteiger charge is 2.11. The number of rotatable bonds is 4. The lowest BCUT2D eigenvalue weighted by molar-refractivity contribution is 0.414. The Hall–Kier alpha value is -1.88. The lowest BCUT2D eigenvalue weighted by atomic mass is 10.2. The SMILES string of the molecule is COc1cccc(CN(C)c2nc(Cl)ncc2F)c1. The minimum atomic E-state index is -0.505. The van der Waals surface area contributed by atoms with Gasteiger partial charge in [-0.05, 0) is 29.3 Å². The molecule has 0 N–H and O–H groups in total. The minimum Gasteiger partial charge on any atom is -0.497 e. The molecule has 0 radical (unpaired) electrons. The Labute approximate surface area is 115 Å². The molecule has 0 atom stereocenters. The summed E-state index contributed by atoms with van der Waals surface area (Å²) in [5.74, 6) is 0.421. The lowest BCUT2D eigenvalue weighted by Crippen LogP contribution is -2.19. The van der Waals surface area contributed by atoms with Crippen LogP contribution in [0.15, 0.2) is 30.5 Å². The van der Waals surface area contributed by atoms with E-state index in [0.29, 0.717) is 6.54 Å². The predicted octanol–water partition coefficient (Wildman–Crippen LogP) is 2.91. The van der Waals surface area contributed by atoms with E-state index in [9.17, 15) is 4.39 Å². The van der Waals surface area contributed by atoms with E-state index in [2.05, 4.69) is 9.97 Å². The van der Waals surface area contributed by atoms with Crippen LogP contribution >= 0.6 is 11.6 Å². The van der Waals surface area contributed by atoms with Crippen LogP contribution in [-0.2, 0) is 6.54 Å². The average molecular weight is 282 g/mol. The second-order valence-electron chi connectivity index (χ2n) is 4.02. The van der Waals surface area contributed by atoms with Crippen molar-refractivity contribution in [3.8, 4) is 5.75 Å². The number of halogens is 2. The quantitative estimate of drug-likeness (QED) is 0.808. The number of hydrogen-bond donors (Lipinski definition) is 0. The van der Waals surface area contributed by atoms with E-state index in [-0.39, 0.29) is 11.1 Å². The third-order valence-electron chi connectivity index (χ3n) is 2.61. The standard InChI is InChI=1S/C13H13ClFN3O/c1-18(12-11(15)7-16-13(14)17-12)8-9-4-3-5-10(6-9)19-2/h3-7H,8H2,1-2H3. The van der Waals surface area contributed by atoms with Gasteiger partial charge in [-0.1, -0.05) is 12.1 Å². The molecular formula is C13H13ClFN3O. The van der Waals surface area contributed by atoms with Gasteiger partial charge in [0.15, 0.2) is 11.6 Å². The molecule has 1 aromatic carbocycles. The molecule has 1 heterocycles. The number of hydrogen-bond acceptors (Lipinski definition) is 4. The zero-order valence-electron chi connectivity index (χ0n) is 10.6. The summed E-state index contributed by atoms with van der Waals surface area (Å²) in [7, 11) is 3.34. The van der Waals surface area contributed by atoms with Gasteiger partial charge in [0.2, 0.25) is 5.28 Å². The van der Waals surface area contributed by atoms with Crippen molar-refractivity contribution in [3.63, 3.8) is 0 Å². The summed E-state index contributed by atoms with van der Waals surface area (Å²) >= 11 is 5.68. The van der Waals surface area contributed by atoms with Gasteiger partial charge in [0.25, 0.3) is 0 Å². The average Bonchev–Trinajstić information content (AvgIpc) is 2.41. The van der Waals surface area contributed by atoms with Crippen molar-refractivity contribution >= 4 is 17.4 Å². The van der Waals surface area contributed by atoms with Crippen molar-refractivity contribution in [2.75, 3.05) is 19.1 Å². The van der Waals surface area contributed by atoms with Gasteiger partial charge in [-0.2, -0.15) is 4.98 Å². The van der Waals surface area contributed by atoms with Crippen molar-refractivity contribution in [2.45, 2.75) is 6.54 Å². The maximum absolute atomic E-state index is 13.6. The van der Waals surface area contributed by atoms with Crippen LogP contribution in [0, 0.1) is 5.82 Å². The first kappa shape index (κ1) is 13.5. The summed E-state index contributed by atoms with van der Waals surface area (Å²) in [5.41, 5.74) is 0.982. The zero-order valence-corrected chi connectivity index (χ0v) is 11.4. The Morgan fingerprint density at radius 2 is 2.21 bits per heavy atom. The summed E-state index contributed by atoms with van der Waals surface area (Å²) in [5, 5.41) is 0.0221. The second-order valence-corrected chi connectivity index (χ2v) is 4.36. The van der Waals surface area contributed by atoms with E-state index in [1.807, 2.05) is 24.3 Å². The van der Waals surface area contributed by atoms with E-state index in [1.165, 1.54) is 0 Å². The highest BCUT2D eigenvalue weighted by atomic mass is 35.5. The van der Waals surface area contributed by atoms with E-state index >= 15 is 0 Å². The predicted molar refractivity (Wildman–Crippen MR) is 72.1 cm³/mol. The van der Waals surface area contributed by atoms with Gasteiger partial charge >= 0.3 is 0 Å². The first-order chi connectivity index (χ1) is 9.10. The fourth-order valence-electron chi connectivity index (χ4n) is 1.72. The van der Waals surface area contributed by atoms with Crippen molar-refractivity contribution in [2.24, 2.45) is 0 Å². The van der Waals surface area contributed by atoms with Crippen LogP contribution in [0.4, 0.5) is 10.2 Å². The van der Waals surface area contributed by atoms with E-state index in [1.54, 1.807) is 19.1 Å². The molecule has 0 saturated carbocycles. The van der Waals surface area contributed by atoms with Crippen LogP contribution in [0.2, 0.25) is 5.28 Å². The number of anilines is 1. The summed E-state index contributed by atoms with van der Waals surface area (Å²) in [6.45, 7) is 0.488. The lowest BCUT2D eigenvalue weighted by Gasteiger charge is -2.18. The number of benzene rings is 1. The first-order valence-electron chi connectivity index (χ1n) is 5.62. The summed E-state index contributed by atoms with van der Waals surface area (Å²) in [4.78, 5) is 9.14. The highest BCUT2D eigenvalue weighted by molar-refractivity contribution is 6.28. The van der Waals surface area contributed by atoms with Crippen molar-refractivity contribution in [1.29, 1.82) is 0 Å². The monoisotopic (exact) mass is 281 g/mol. The Bertz CT molecular complexity index is 580. The van der Waals surface area contributed by atoms with Gasteiger partial charge in [0.05, 0.1) is 13.3 Å². The molecule has 0 aliphatic carbocycles. The molecule has 4 nitrogen and oxygen atoms in total. The van der Waals surface area contributed by atoms with Crippen molar-refractivity contribution in [1.82, 2.24) is 9.97 Å². The fourth-order valence-corrected chi connectivity index (χ4v) is 1.85. The molecule has 0 unspecified atom stereocenters. The molecule has 0 aliphatic heterocycles. The number of methoxy groups -OCH3 is 1. The Balaban J connectivity index is 2.20. The molecule has 19 heavy (non-hydrogen) atoms. The van der Waals surface area contributed by atoms with Crippen LogP contribution in [0.3, 0.4) is 0 Å². The number of nitrogens with zero attached hydrogens (tertiary/aromatic N) is 3. The van der Waals surface area contributed by atoms with Crippen LogP contribution < -0.4 is 9.64 Å². The molecule has 6 heteroatoms. The van der Waals surface area contributed by atoms with Gasteiger partial charge in [0, 0.05) is 13.6 Å². The molecular weight excluding hydrogens is 269 g/mol. The highest BCUT2D eigenvalue weighted by Crippen LogP contribution is 2.20. The number of ether oxygens (including phenoxy) is 1. The summed E-state index contributed by atoms with van der Waals surface area (Å²) in [6, 6.07) is 7.55. The molecule has 1 aromatic heterocycles. The Morgan fingerprint density at radius 1 is 1.42 bits per heavy atom. The smallest absolute Gasteiger partial charge is 0.224 e. The maximum Gasteiger partial charge on any atom is 0.224 e. The maximum atomic E-state index is 13.6. The van der Waals surface area contributed by atoms with E-state index in [4.69, 9.17) is 16.3 Å². The van der Waals surface area contributed by atoms with Gasteiger partial charge in [0.1, 0.15) is 5.75 Å². The zero-order chi connectivity index (χ0) is 13.8. The second kappa shape index (κ2) is 5.84. The minimum absolute atomic E-state index is 0.0221. The topological polar surface area (TPSA) is 38.2 Å². The molecule has 0 fully saturated rings. The van der Waals surface area contributed by atoms with Crippen LogP contribution in [-0.4, -0.2) is 24.1 Å². The third kappa shape index (κ3) is 3.32. The molecule has 0 saturated heterocycles. The van der Waals surface area contributed by atoms with E-state index < -0.39 is 5.82 Å². The van der Waals surface area contributed by atoms with Crippen LogP contribution in [0.25, 0.3) is 0 Å². The fraction of sp³-hybridized carbons (Fsp3) is 0.231. The van der Waals surface area contributed by atoms with Gasteiger partial charge in [-0.25, -0.2) is 9.37 Å². The molecule has 0 spiro atoms.